The molecule has 0 bridgehead atoms. The van der Waals surface area contributed by atoms with Crippen LogP contribution in [-0.2, 0) is 11.8 Å². The molecule has 1 fully saturated rings. The van der Waals surface area contributed by atoms with Gasteiger partial charge in [0.25, 0.3) is 5.56 Å². The van der Waals surface area contributed by atoms with Gasteiger partial charge >= 0.3 is 0 Å². The van der Waals surface area contributed by atoms with Crippen LogP contribution in [0.25, 0.3) is 5.78 Å². The van der Waals surface area contributed by atoms with Crippen molar-refractivity contribution in [3.63, 3.8) is 0 Å². The van der Waals surface area contributed by atoms with Crippen LogP contribution in [0.2, 0.25) is 0 Å². The molecular weight excluding hydrogens is 232 g/mol. The molecule has 1 aliphatic rings. The number of imidazole rings is 1. The minimum absolute atomic E-state index is 0.0150. The highest BCUT2D eigenvalue weighted by atomic mass is 16.1. The van der Waals surface area contributed by atoms with E-state index in [-0.39, 0.29) is 17.4 Å². The molecule has 1 atom stereocenters. The molecule has 6 heteroatoms. The normalized spacial score (nSPS) is 20.5. The van der Waals surface area contributed by atoms with Crippen LogP contribution in [0.15, 0.2) is 23.3 Å². The molecule has 0 aliphatic carbocycles. The molecule has 1 aliphatic heterocycles. The minimum atomic E-state index is -0.0904. The Balaban J connectivity index is 2.10. The fourth-order valence-corrected chi connectivity index (χ4v) is 2.37. The Morgan fingerprint density at radius 1 is 1.44 bits per heavy atom. The van der Waals surface area contributed by atoms with Crippen LogP contribution in [0.3, 0.4) is 0 Å². The number of carbonyl (C=O) groups is 1. The average molecular weight is 246 g/mol. The molecule has 18 heavy (non-hydrogen) atoms. The van der Waals surface area contributed by atoms with Crippen LogP contribution in [0.1, 0.15) is 24.6 Å². The average Bonchev–Trinajstić information content (AvgIpc) is 2.78. The van der Waals surface area contributed by atoms with Crippen molar-refractivity contribution in [1.82, 2.24) is 19.3 Å². The highest BCUT2D eigenvalue weighted by molar-refractivity contribution is 5.80. The third-order valence-electron chi connectivity index (χ3n) is 3.39. The van der Waals surface area contributed by atoms with Gasteiger partial charge < -0.3 is 5.32 Å². The van der Waals surface area contributed by atoms with Gasteiger partial charge in [0.2, 0.25) is 5.78 Å². The first-order chi connectivity index (χ1) is 8.66. The van der Waals surface area contributed by atoms with Crippen molar-refractivity contribution in [3.8, 4) is 0 Å². The molecule has 0 amide bonds. The van der Waals surface area contributed by atoms with E-state index in [0.29, 0.717) is 25.2 Å². The molecule has 2 aromatic heterocycles. The molecule has 0 spiro atoms. The zero-order valence-corrected chi connectivity index (χ0v) is 10.1. The molecular formula is C12H14N4O2. The number of rotatable bonds is 1. The first-order valence-electron chi connectivity index (χ1n) is 5.95. The second-order valence-corrected chi connectivity index (χ2v) is 4.57. The molecule has 0 saturated carbocycles. The molecule has 1 unspecified atom stereocenters. The largest absolute Gasteiger partial charge is 0.308 e. The quantitative estimate of drug-likeness (QED) is 0.770. The third-order valence-corrected chi connectivity index (χ3v) is 3.39. The van der Waals surface area contributed by atoms with Gasteiger partial charge in [-0.2, -0.15) is 0 Å². The molecule has 2 aromatic rings. The predicted octanol–water partition coefficient (Wildman–Crippen LogP) is 0.0266. The number of Topliss-reactive ketones (excluding diaryl/α,β-unsaturated/α-hetero) is 1. The van der Waals surface area contributed by atoms with Crippen molar-refractivity contribution in [1.29, 1.82) is 0 Å². The van der Waals surface area contributed by atoms with Gasteiger partial charge in [0.05, 0.1) is 17.9 Å². The monoisotopic (exact) mass is 246 g/mol. The van der Waals surface area contributed by atoms with E-state index in [4.69, 9.17) is 0 Å². The molecule has 3 heterocycles. The number of nitrogens with one attached hydrogen (secondary N) is 1. The number of aryl methyl sites for hydroxylation is 1. The Morgan fingerprint density at radius 3 is 3.06 bits per heavy atom. The summed E-state index contributed by atoms with van der Waals surface area (Å²) in [6, 6.07) is 1.49. The maximum Gasteiger partial charge on any atom is 0.254 e. The number of hydrogen-bond acceptors (Lipinski definition) is 4. The summed E-state index contributed by atoms with van der Waals surface area (Å²) in [5, 5.41) is 3.31. The van der Waals surface area contributed by atoms with Gasteiger partial charge in [-0.05, 0) is 0 Å². The summed E-state index contributed by atoms with van der Waals surface area (Å²) in [7, 11) is 1.69. The number of hydrogen-bond donors (Lipinski definition) is 1. The van der Waals surface area contributed by atoms with Crippen molar-refractivity contribution < 1.29 is 4.79 Å². The van der Waals surface area contributed by atoms with Crippen LogP contribution in [0.4, 0.5) is 0 Å². The predicted molar refractivity (Wildman–Crippen MR) is 65.4 cm³/mol. The molecule has 1 N–H and O–H groups in total. The van der Waals surface area contributed by atoms with Gasteiger partial charge in [-0.1, -0.05) is 0 Å². The van der Waals surface area contributed by atoms with Crippen molar-refractivity contribution in [2.75, 3.05) is 6.54 Å². The zero-order chi connectivity index (χ0) is 12.7. The van der Waals surface area contributed by atoms with Gasteiger partial charge in [0.15, 0.2) is 0 Å². The number of aromatic nitrogens is 3. The molecule has 3 rings (SSSR count). The maximum atomic E-state index is 11.5. The number of ketones is 1. The summed E-state index contributed by atoms with van der Waals surface area (Å²) in [4.78, 5) is 27.3. The topological polar surface area (TPSA) is 68.4 Å². The van der Waals surface area contributed by atoms with E-state index in [0.717, 1.165) is 5.69 Å². The number of fused-ring (bicyclic) bond motifs is 1. The van der Waals surface area contributed by atoms with Crippen molar-refractivity contribution >= 4 is 11.6 Å². The summed E-state index contributed by atoms with van der Waals surface area (Å²) in [5.41, 5.74) is 0.834. The standard InChI is InChI=1S/C12H14N4O2/c1-15-11(18)3-5-16-10(7-14-12(15)16)9-6-8(17)2-4-13-9/h3,5,7,9,13H,2,4,6H2,1H3. The summed E-state index contributed by atoms with van der Waals surface area (Å²) < 4.78 is 3.35. The molecule has 94 valence electrons. The maximum absolute atomic E-state index is 11.5. The summed E-state index contributed by atoms with van der Waals surface area (Å²) >= 11 is 0. The smallest absolute Gasteiger partial charge is 0.254 e. The van der Waals surface area contributed by atoms with E-state index in [1.165, 1.54) is 10.6 Å². The Kier molecular flexibility index (Phi) is 2.52. The van der Waals surface area contributed by atoms with Gasteiger partial charge in [-0.3, -0.25) is 18.6 Å². The number of carbonyl (C=O) groups excluding carboxylic acids is 1. The number of nitrogens with zero attached hydrogens (tertiary/aromatic N) is 3. The van der Waals surface area contributed by atoms with Crippen LogP contribution < -0.4 is 10.9 Å². The number of piperidine rings is 1. The fraction of sp³-hybridized carbons (Fsp3) is 0.417. The third kappa shape index (κ3) is 1.65. The van der Waals surface area contributed by atoms with E-state index < -0.39 is 0 Å². The molecule has 0 aromatic carbocycles. The van der Waals surface area contributed by atoms with Crippen LogP contribution in [-0.4, -0.2) is 26.3 Å². The van der Waals surface area contributed by atoms with Crippen molar-refractivity contribution in [2.24, 2.45) is 7.05 Å². The summed E-state index contributed by atoms with van der Waals surface area (Å²) in [5.74, 6) is 0.857. The SMILES string of the molecule is Cn1c(=O)ccn2c(C3CC(=O)CCN3)cnc12. The Labute approximate surface area is 103 Å². The van der Waals surface area contributed by atoms with E-state index in [9.17, 15) is 9.59 Å². The highest BCUT2D eigenvalue weighted by Crippen LogP contribution is 2.21. The van der Waals surface area contributed by atoms with Gasteiger partial charge in [0.1, 0.15) is 5.78 Å². The fourth-order valence-electron chi connectivity index (χ4n) is 2.37. The van der Waals surface area contributed by atoms with E-state index in [2.05, 4.69) is 10.3 Å². The van der Waals surface area contributed by atoms with Crippen LogP contribution in [0.5, 0.6) is 0 Å². The minimum Gasteiger partial charge on any atom is -0.308 e. The van der Waals surface area contributed by atoms with E-state index >= 15 is 0 Å². The van der Waals surface area contributed by atoms with Crippen LogP contribution in [0, 0.1) is 0 Å². The summed E-state index contributed by atoms with van der Waals surface area (Å²) in [6.45, 7) is 0.697. The lowest BCUT2D eigenvalue weighted by atomic mass is 10.0. The van der Waals surface area contributed by atoms with Gasteiger partial charge in [-0.15, -0.1) is 0 Å². The Bertz CT molecular complexity index is 670. The second kappa shape index (κ2) is 4.06. The van der Waals surface area contributed by atoms with Crippen molar-refractivity contribution in [2.45, 2.75) is 18.9 Å². The van der Waals surface area contributed by atoms with E-state index in [1.54, 1.807) is 19.4 Å². The van der Waals surface area contributed by atoms with Crippen molar-refractivity contribution in [3.05, 3.63) is 34.5 Å². The Hall–Kier alpha value is -1.95. The van der Waals surface area contributed by atoms with Gasteiger partial charge in [0, 0.05) is 38.7 Å². The summed E-state index contributed by atoms with van der Waals surface area (Å²) in [6.07, 6.45) is 4.51. The van der Waals surface area contributed by atoms with E-state index in [1.807, 2.05) is 4.40 Å². The molecule has 0 radical (unpaired) electrons. The van der Waals surface area contributed by atoms with Crippen LogP contribution >= 0.6 is 0 Å². The lowest BCUT2D eigenvalue weighted by Gasteiger charge is -2.22. The first-order valence-corrected chi connectivity index (χ1v) is 5.95. The lowest BCUT2D eigenvalue weighted by molar-refractivity contribution is -0.120. The lowest BCUT2D eigenvalue weighted by Crippen LogP contribution is -2.32. The molecule has 6 nitrogen and oxygen atoms in total. The second-order valence-electron chi connectivity index (χ2n) is 4.57. The van der Waals surface area contributed by atoms with Gasteiger partial charge in [-0.25, -0.2) is 4.98 Å². The first kappa shape index (κ1) is 11.2. The zero-order valence-electron chi connectivity index (χ0n) is 10.1. The Morgan fingerprint density at radius 2 is 2.28 bits per heavy atom. The highest BCUT2D eigenvalue weighted by Gasteiger charge is 2.23. The molecule has 1 saturated heterocycles.